The molecule has 4 N–H and O–H groups in total. The number of methoxy groups -OCH3 is 1. The highest BCUT2D eigenvalue weighted by molar-refractivity contribution is 6.10. The predicted molar refractivity (Wildman–Crippen MR) is 115 cm³/mol. The lowest BCUT2D eigenvalue weighted by molar-refractivity contribution is 0.0939. The molecule has 30 heavy (non-hydrogen) atoms. The van der Waals surface area contributed by atoms with Crippen LogP contribution >= 0.6 is 0 Å². The third kappa shape index (κ3) is 3.65. The van der Waals surface area contributed by atoms with Crippen molar-refractivity contribution in [2.45, 2.75) is 0 Å². The number of carbonyl (C=O) groups excluding carboxylic acids is 1. The molecule has 0 aliphatic rings. The summed E-state index contributed by atoms with van der Waals surface area (Å²) in [4.78, 5) is 22.0. The van der Waals surface area contributed by atoms with Gasteiger partial charge in [-0.2, -0.15) is 9.78 Å². The first kappa shape index (κ1) is 19.3. The van der Waals surface area contributed by atoms with Crippen molar-refractivity contribution in [1.82, 2.24) is 20.0 Å². The summed E-state index contributed by atoms with van der Waals surface area (Å²) in [6.45, 7) is 0.698. The molecule has 2 heterocycles. The number of anilines is 1. The van der Waals surface area contributed by atoms with Crippen LogP contribution in [0.2, 0.25) is 0 Å². The lowest BCUT2D eigenvalue weighted by atomic mass is 10.2. The number of phenolic OH excluding ortho intramolecular Hbond substituents is 1. The zero-order valence-electron chi connectivity index (χ0n) is 16.2. The predicted octanol–water partition coefficient (Wildman–Crippen LogP) is 2.13. The van der Waals surface area contributed by atoms with E-state index < -0.39 is 0 Å². The lowest BCUT2D eigenvalue weighted by Crippen LogP contribution is -2.27. The molecule has 0 aliphatic carbocycles. The molecule has 0 fully saturated rings. The monoisotopic (exact) mass is 404 g/mol. The lowest BCUT2D eigenvalue weighted by Gasteiger charge is -2.04. The molecule has 4 rings (SSSR count). The van der Waals surface area contributed by atoms with Crippen molar-refractivity contribution in [3.63, 3.8) is 0 Å². The number of fused-ring (bicyclic) bond motifs is 2. The van der Waals surface area contributed by atoms with Crippen LogP contribution < -0.4 is 11.1 Å². The summed E-state index contributed by atoms with van der Waals surface area (Å²) in [5.74, 6) is -0.148. The van der Waals surface area contributed by atoms with Gasteiger partial charge >= 0.3 is 0 Å². The van der Waals surface area contributed by atoms with Crippen LogP contribution in [0.1, 0.15) is 15.9 Å². The fourth-order valence-corrected chi connectivity index (χ4v) is 3.07. The molecule has 1 amide bonds. The number of nitrogens with two attached hydrogens (primary N) is 1. The van der Waals surface area contributed by atoms with Crippen molar-refractivity contribution >= 4 is 40.1 Å². The zero-order valence-corrected chi connectivity index (χ0v) is 16.2. The highest BCUT2D eigenvalue weighted by Crippen LogP contribution is 2.27. The second kappa shape index (κ2) is 8.18. The summed E-state index contributed by atoms with van der Waals surface area (Å²) in [6.07, 6.45) is 1.53. The van der Waals surface area contributed by atoms with Crippen LogP contribution in [0, 0.1) is 0 Å². The number of rotatable bonds is 6. The molecular formula is C21H20N6O3. The van der Waals surface area contributed by atoms with E-state index in [1.807, 2.05) is 24.3 Å². The Morgan fingerprint density at radius 3 is 2.73 bits per heavy atom. The van der Waals surface area contributed by atoms with Crippen LogP contribution in [0.4, 0.5) is 5.82 Å². The van der Waals surface area contributed by atoms with Gasteiger partial charge < -0.3 is 20.9 Å². The molecule has 4 aromatic rings. The maximum absolute atomic E-state index is 12.8. The molecule has 0 spiro atoms. The van der Waals surface area contributed by atoms with Gasteiger partial charge in [0.15, 0.2) is 5.65 Å². The highest BCUT2D eigenvalue weighted by atomic mass is 16.5. The molecular weight excluding hydrogens is 384 g/mol. The highest BCUT2D eigenvalue weighted by Gasteiger charge is 2.23. The van der Waals surface area contributed by atoms with E-state index in [4.69, 9.17) is 10.5 Å². The third-order valence-electron chi connectivity index (χ3n) is 4.49. The molecule has 0 saturated heterocycles. The number of nitrogens with one attached hydrogen (secondary N) is 1. The Bertz CT molecular complexity index is 1260. The SMILES string of the molecule is COCCNC(=O)c1c(N)n(/N=C/c2cccc(O)c2)c2nc3ccccc3nc12. The summed E-state index contributed by atoms with van der Waals surface area (Å²) in [7, 11) is 1.56. The van der Waals surface area contributed by atoms with Crippen molar-refractivity contribution in [2.75, 3.05) is 26.0 Å². The van der Waals surface area contributed by atoms with Gasteiger partial charge in [0, 0.05) is 13.7 Å². The number of hydrogen-bond acceptors (Lipinski definition) is 7. The summed E-state index contributed by atoms with van der Waals surface area (Å²) in [6, 6.07) is 14.0. The molecule has 152 valence electrons. The fourth-order valence-electron chi connectivity index (χ4n) is 3.07. The number of aromatic nitrogens is 3. The average Bonchev–Trinajstić information content (AvgIpc) is 3.01. The smallest absolute Gasteiger partial charge is 0.257 e. The summed E-state index contributed by atoms with van der Waals surface area (Å²) < 4.78 is 6.36. The van der Waals surface area contributed by atoms with Gasteiger partial charge in [-0.15, -0.1) is 0 Å². The van der Waals surface area contributed by atoms with E-state index in [0.717, 1.165) is 0 Å². The van der Waals surface area contributed by atoms with Gasteiger partial charge in [0.2, 0.25) is 0 Å². The minimum atomic E-state index is -0.384. The zero-order chi connectivity index (χ0) is 21.1. The Labute approximate surface area is 171 Å². The van der Waals surface area contributed by atoms with E-state index >= 15 is 0 Å². The first-order valence-corrected chi connectivity index (χ1v) is 9.25. The standard InChI is InChI=1S/C21H20N6O3/c1-30-10-9-23-21(29)17-18-20(26-16-8-3-2-7-15(16)25-18)27(19(17)22)24-12-13-5-4-6-14(28)11-13/h2-8,11-12,28H,9-10,22H2,1H3,(H,23,29)/b24-12+. The van der Waals surface area contributed by atoms with Gasteiger partial charge in [0.05, 0.1) is 23.9 Å². The third-order valence-corrected chi connectivity index (χ3v) is 4.49. The Morgan fingerprint density at radius 2 is 2.00 bits per heavy atom. The molecule has 0 radical (unpaired) electrons. The van der Waals surface area contributed by atoms with E-state index in [1.165, 1.54) is 10.9 Å². The van der Waals surface area contributed by atoms with E-state index in [-0.39, 0.29) is 23.0 Å². The molecule has 0 bridgehead atoms. The molecule has 0 unspecified atom stereocenters. The number of hydrogen-bond donors (Lipinski definition) is 3. The van der Waals surface area contributed by atoms with Crippen molar-refractivity contribution in [1.29, 1.82) is 0 Å². The second-order valence-corrected chi connectivity index (χ2v) is 6.54. The van der Waals surface area contributed by atoms with Gasteiger partial charge in [-0.25, -0.2) is 9.97 Å². The summed E-state index contributed by atoms with van der Waals surface area (Å²) >= 11 is 0. The van der Waals surface area contributed by atoms with Crippen molar-refractivity contribution < 1.29 is 14.6 Å². The maximum atomic E-state index is 12.8. The van der Waals surface area contributed by atoms with Gasteiger partial charge in [-0.3, -0.25) is 4.79 Å². The maximum Gasteiger partial charge on any atom is 0.257 e. The summed E-state index contributed by atoms with van der Waals surface area (Å²) in [5.41, 5.74) is 9.19. The van der Waals surface area contributed by atoms with Crippen molar-refractivity contribution in [3.8, 4) is 5.75 Å². The van der Waals surface area contributed by atoms with E-state index in [1.54, 1.807) is 31.4 Å². The van der Waals surface area contributed by atoms with Gasteiger partial charge in [-0.05, 0) is 29.8 Å². The van der Waals surface area contributed by atoms with Crippen molar-refractivity contribution in [3.05, 3.63) is 59.7 Å². The minimum absolute atomic E-state index is 0.117. The Hall–Kier alpha value is -3.98. The minimum Gasteiger partial charge on any atom is -0.508 e. The van der Waals surface area contributed by atoms with Crippen LogP contribution in [0.3, 0.4) is 0 Å². The number of aromatic hydroxyl groups is 1. The van der Waals surface area contributed by atoms with Crippen LogP contribution in [-0.4, -0.2) is 52.1 Å². The Kier molecular flexibility index (Phi) is 5.27. The molecule has 2 aromatic carbocycles. The first-order valence-electron chi connectivity index (χ1n) is 9.25. The molecule has 0 atom stereocenters. The number of amides is 1. The molecule has 0 aliphatic heterocycles. The van der Waals surface area contributed by atoms with Gasteiger partial charge in [0.25, 0.3) is 5.91 Å². The van der Waals surface area contributed by atoms with E-state index in [2.05, 4.69) is 20.4 Å². The largest absolute Gasteiger partial charge is 0.508 e. The average molecular weight is 404 g/mol. The van der Waals surface area contributed by atoms with Crippen LogP contribution in [0.25, 0.3) is 22.2 Å². The first-order chi connectivity index (χ1) is 14.6. The number of para-hydroxylation sites is 2. The number of carbonyl (C=O) groups is 1. The van der Waals surface area contributed by atoms with Crippen LogP contribution in [0.15, 0.2) is 53.6 Å². The van der Waals surface area contributed by atoms with Crippen LogP contribution in [-0.2, 0) is 4.74 Å². The molecule has 9 heteroatoms. The molecule has 0 saturated carbocycles. The van der Waals surface area contributed by atoms with Gasteiger partial charge in [0.1, 0.15) is 22.6 Å². The number of nitrogens with zero attached hydrogens (tertiary/aromatic N) is 4. The number of ether oxygens (including phenoxy) is 1. The Balaban J connectivity index is 1.86. The summed E-state index contributed by atoms with van der Waals surface area (Å²) in [5, 5.41) is 16.8. The van der Waals surface area contributed by atoms with Crippen LogP contribution in [0.5, 0.6) is 5.75 Å². The Morgan fingerprint density at radius 1 is 1.23 bits per heavy atom. The van der Waals surface area contributed by atoms with E-state index in [0.29, 0.717) is 40.9 Å². The second-order valence-electron chi connectivity index (χ2n) is 6.54. The van der Waals surface area contributed by atoms with Crippen molar-refractivity contribution in [2.24, 2.45) is 5.10 Å². The normalized spacial score (nSPS) is 11.5. The number of benzene rings is 2. The van der Waals surface area contributed by atoms with E-state index in [9.17, 15) is 9.90 Å². The van der Waals surface area contributed by atoms with Gasteiger partial charge in [-0.1, -0.05) is 24.3 Å². The molecule has 2 aromatic heterocycles. The number of nitrogen functional groups attached to an aromatic ring is 1. The topological polar surface area (TPSA) is 128 Å². The number of phenols is 1. The quantitative estimate of drug-likeness (QED) is 0.334. The molecule has 9 nitrogen and oxygen atoms in total. The fraction of sp³-hybridized carbons (Fsp3) is 0.143.